The molecule has 0 N–H and O–H groups in total. The van der Waals surface area contributed by atoms with Gasteiger partial charge in [-0.05, 0) is 56.2 Å². The number of fused-ring (bicyclic) bond motifs is 1. The van der Waals surface area contributed by atoms with Crippen molar-refractivity contribution in [1.82, 2.24) is 0 Å². The Morgan fingerprint density at radius 3 is 1.75 bits per heavy atom. The fourth-order valence-electron chi connectivity index (χ4n) is 1.47. The van der Waals surface area contributed by atoms with Crippen molar-refractivity contribution in [2.45, 2.75) is 6.42 Å². The molecule has 0 amide bonds. The monoisotopic (exact) mass is 492 g/mol. The Labute approximate surface area is 157 Å². The molecule has 5 radical (unpaired) electrons. The predicted octanol–water partition coefficient (Wildman–Crippen LogP) is 2.45. The normalized spacial score (nSPS) is 11.5. The molecule has 1 fully saturated rings. The number of hydrogen-bond donors (Lipinski definition) is 0. The molecule has 1 aliphatic carbocycles. The molecule has 3 rings (SSSR count). The summed E-state index contributed by atoms with van der Waals surface area (Å²) >= 11 is 0. The van der Waals surface area contributed by atoms with Crippen molar-refractivity contribution < 1.29 is 44.5 Å². The summed E-state index contributed by atoms with van der Waals surface area (Å²) in [5, 5.41) is 0. The zero-order valence-electron chi connectivity index (χ0n) is 12.5. The Kier molecular flexibility index (Phi) is 24.1. The van der Waals surface area contributed by atoms with Crippen LogP contribution in [-0.4, -0.2) is 6.79 Å². The Balaban J connectivity index is -0.000000311. The van der Waals surface area contributed by atoms with Gasteiger partial charge in [-0.3, -0.25) is 0 Å². The topological polar surface area (TPSA) is 78.2 Å². The van der Waals surface area contributed by atoms with E-state index in [0.717, 1.165) is 17.1 Å². The van der Waals surface area contributed by atoms with Crippen molar-refractivity contribution >= 4 is 0 Å². The average molecular weight is 492 g/mol. The van der Waals surface area contributed by atoms with E-state index < -0.39 is 0 Å². The first-order valence-electron chi connectivity index (χ1n) is 5.96. The van der Waals surface area contributed by atoms with Gasteiger partial charge in [0, 0.05) is 0 Å². The van der Waals surface area contributed by atoms with Crippen molar-refractivity contribution in [2.24, 2.45) is 0 Å². The molecule has 0 saturated heterocycles. The van der Waals surface area contributed by atoms with Crippen LogP contribution in [-0.2, 0) is 41.4 Å². The minimum absolute atomic E-state index is 0. The van der Waals surface area contributed by atoms with Crippen LogP contribution in [0.5, 0.6) is 11.5 Å². The molecule has 119 valence electrons. The van der Waals surface area contributed by atoms with Gasteiger partial charge in [-0.15, -0.1) is 0 Å². The average Bonchev–Trinajstić information content (AvgIpc) is 3.35. The van der Waals surface area contributed by atoms with E-state index in [0.29, 0.717) is 13.2 Å². The summed E-state index contributed by atoms with van der Waals surface area (Å²) in [4.78, 5) is 0. The molecule has 0 aromatic heterocycles. The molecule has 0 bridgehead atoms. The maximum Gasteiger partial charge on any atom is 2.00 e. The second-order valence-electron chi connectivity index (χ2n) is 3.50. The van der Waals surface area contributed by atoms with E-state index in [1.165, 1.54) is 0 Å². The molecular formula is C18H12O5W+. The van der Waals surface area contributed by atoms with Gasteiger partial charge in [-0.2, -0.15) is 0 Å². The Bertz CT molecular complexity index is 503. The van der Waals surface area contributed by atoms with Crippen molar-refractivity contribution in [3.63, 3.8) is 0 Å². The summed E-state index contributed by atoms with van der Waals surface area (Å²) in [5.74, 6) is 3.88. The quantitative estimate of drug-likeness (QED) is 0.343. The minimum Gasteiger partial charge on any atom is -0.0312 e. The standard InChI is InChI=1S/C10H7O2.C5H5.3CO.W/c1-2-3-8-4-5-9-10(6-8)12-7-11-9;1-2-4-5-3-1;3*1-2;/h4-6H,3,7H2;1-5H;;;;/q-1;;;;;+2. The van der Waals surface area contributed by atoms with Gasteiger partial charge in [0.05, 0.1) is 0 Å². The van der Waals surface area contributed by atoms with Crippen LogP contribution in [0.2, 0.25) is 0 Å². The molecule has 1 aromatic carbocycles. The van der Waals surface area contributed by atoms with E-state index in [4.69, 9.17) is 29.9 Å². The molecule has 24 heavy (non-hydrogen) atoms. The molecule has 6 heteroatoms. The van der Waals surface area contributed by atoms with Gasteiger partial charge in [0.2, 0.25) is 6.79 Å². The fraction of sp³-hybridized carbons (Fsp3) is 0.111. The molecule has 1 heterocycles. The summed E-state index contributed by atoms with van der Waals surface area (Å²) in [5.41, 5.74) is 1.02. The van der Waals surface area contributed by atoms with Crippen LogP contribution < -0.4 is 9.47 Å². The van der Waals surface area contributed by atoms with Crippen molar-refractivity contribution in [1.29, 1.82) is 0 Å². The number of ether oxygens (including phenoxy) is 2. The van der Waals surface area contributed by atoms with Crippen LogP contribution in [0.3, 0.4) is 0 Å². The maximum atomic E-state index is 7.50. The van der Waals surface area contributed by atoms with Crippen LogP contribution in [0, 0.1) is 64.4 Å². The zero-order valence-corrected chi connectivity index (χ0v) is 15.4. The first kappa shape index (κ1) is 27.2. The van der Waals surface area contributed by atoms with Gasteiger partial charge in [-0.25, -0.2) is 0 Å². The summed E-state index contributed by atoms with van der Waals surface area (Å²) in [6.45, 7) is 13.8. The van der Waals surface area contributed by atoms with Crippen molar-refractivity contribution in [3.05, 3.63) is 82.2 Å². The second kappa shape index (κ2) is 21.3. The van der Waals surface area contributed by atoms with Crippen LogP contribution in [0.4, 0.5) is 0 Å². The third kappa shape index (κ3) is 11.8. The molecule has 1 saturated carbocycles. The van der Waals surface area contributed by atoms with Crippen molar-refractivity contribution in [2.75, 3.05) is 6.79 Å². The van der Waals surface area contributed by atoms with Crippen LogP contribution >= 0.6 is 0 Å². The smallest absolute Gasteiger partial charge is 0.0312 e. The summed E-state index contributed by atoms with van der Waals surface area (Å²) in [6.07, 6.45) is 17.3. The molecule has 0 atom stereocenters. The second-order valence-corrected chi connectivity index (χ2v) is 3.50. The zero-order chi connectivity index (χ0) is 17.9. The third-order valence-electron chi connectivity index (χ3n) is 2.29. The Morgan fingerprint density at radius 2 is 1.29 bits per heavy atom. The van der Waals surface area contributed by atoms with Crippen LogP contribution in [0.25, 0.3) is 0 Å². The summed E-state index contributed by atoms with van der Waals surface area (Å²) in [7, 11) is 0. The molecule has 2 aliphatic rings. The number of rotatable bonds is 1. The first-order valence-corrected chi connectivity index (χ1v) is 5.96. The SMILES string of the molecule is [C-]#CCc1ccc2c(c1)OCO2.[C-]#[O+].[C-]#[O+].[C-]#[O+].[CH]1[CH][CH][CH][CH]1.[W+2]. The van der Waals surface area contributed by atoms with Gasteiger partial charge >= 0.3 is 55.0 Å². The van der Waals surface area contributed by atoms with Gasteiger partial charge in [0.1, 0.15) is 0 Å². The molecule has 5 nitrogen and oxygen atoms in total. The van der Waals surface area contributed by atoms with Gasteiger partial charge in [0.15, 0.2) is 11.5 Å². The summed E-state index contributed by atoms with van der Waals surface area (Å²) < 4.78 is 32.8. The van der Waals surface area contributed by atoms with Crippen molar-refractivity contribution in [3.8, 4) is 17.4 Å². The number of benzene rings is 1. The first-order chi connectivity index (χ1) is 11.4. The minimum atomic E-state index is 0. The molecule has 1 aromatic rings. The van der Waals surface area contributed by atoms with Gasteiger partial charge < -0.3 is 21.8 Å². The van der Waals surface area contributed by atoms with Gasteiger partial charge in [-0.1, -0.05) is 6.07 Å². The molecular weight excluding hydrogens is 480 g/mol. The van der Waals surface area contributed by atoms with E-state index in [2.05, 4.69) is 25.9 Å². The predicted molar refractivity (Wildman–Crippen MR) is 76.7 cm³/mol. The fourth-order valence-corrected chi connectivity index (χ4v) is 1.47. The molecule has 1 aliphatic heterocycles. The van der Waals surface area contributed by atoms with E-state index in [-0.39, 0.29) is 21.1 Å². The van der Waals surface area contributed by atoms with Crippen LogP contribution in [0.1, 0.15) is 5.56 Å². The Morgan fingerprint density at radius 1 is 0.833 bits per heavy atom. The Hall–Kier alpha value is -1.71. The molecule has 0 unspecified atom stereocenters. The van der Waals surface area contributed by atoms with Crippen LogP contribution in [0.15, 0.2) is 18.2 Å². The van der Waals surface area contributed by atoms with E-state index in [1.807, 2.05) is 50.3 Å². The third-order valence-corrected chi connectivity index (χ3v) is 2.29. The van der Waals surface area contributed by atoms with E-state index in [1.54, 1.807) is 0 Å². The molecule has 0 spiro atoms. The summed E-state index contributed by atoms with van der Waals surface area (Å²) in [6, 6.07) is 5.65. The largest absolute Gasteiger partial charge is 2.00 e. The van der Waals surface area contributed by atoms with E-state index in [9.17, 15) is 0 Å². The van der Waals surface area contributed by atoms with E-state index >= 15 is 0 Å². The maximum absolute atomic E-state index is 7.50. The van der Waals surface area contributed by atoms with Gasteiger partial charge in [0.25, 0.3) is 0 Å². The number of hydrogen-bond acceptors (Lipinski definition) is 2.